The van der Waals surface area contributed by atoms with Crippen LogP contribution in [0.2, 0.25) is 5.02 Å². The predicted molar refractivity (Wildman–Crippen MR) is 74.7 cm³/mol. The van der Waals surface area contributed by atoms with Gasteiger partial charge in [0, 0.05) is 16.1 Å². The van der Waals surface area contributed by atoms with Crippen molar-refractivity contribution >= 4 is 24.0 Å². The van der Waals surface area contributed by atoms with Crippen molar-refractivity contribution in [2.75, 3.05) is 0 Å². The van der Waals surface area contributed by atoms with E-state index in [0.717, 1.165) is 5.56 Å². The number of hydrogen-bond donors (Lipinski definition) is 1. The van der Waals surface area contributed by atoms with Crippen LogP contribution in [0.1, 0.15) is 11.1 Å². The van der Waals surface area contributed by atoms with Gasteiger partial charge < -0.3 is 5.11 Å². The number of benzene rings is 2. The lowest BCUT2D eigenvalue weighted by Crippen LogP contribution is -1.82. The SMILES string of the molecule is Oc1ccccc1/C=N\N=C\c1ccccc1Cl. The standard InChI is InChI=1S/C14H11ClN2O/c15-13-7-3-1-5-11(13)9-16-17-10-12-6-2-4-8-14(12)18/h1-10,18H/b16-9+,17-10-. The van der Waals surface area contributed by atoms with Crippen molar-refractivity contribution in [3.05, 3.63) is 64.7 Å². The van der Waals surface area contributed by atoms with E-state index in [1.807, 2.05) is 24.3 Å². The molecule has 0 aliphatic rings. The molecule has 0 atom stereocenters. The van der Waals surface area contributed by atoms with Gasteiger partial charge in [0.05, 0.1) is 12.4 Å². The average molecular weight is 259 g/mol. The van der Waals surface area contributed by atoms with Gasteiger partial charge >= 0.3 is 0 Å². The van der Waals surface area contributed by atoms with Crippen molar-refractivity contribution in [2.24, 2.45) is 10.2 Å². The van der Waals surface area contributed by atoms with Crippen LogP contribution in [-0.2, 0) is 0 Å². The number of para-hydroxylation sites is 1. The van der Waals surface area contributed by atoms with Crippen molar-refractivity contribution < 1.29 is 5.11 Å². The highest BCUT2D eigenvalue weighted by molar-refractivity contribution is 6.33. The predicted octanol–water partition coefficient (Wildman–Crippen LogP) is 3.50. The minimum Gasteiger partial charge on any atom is -0.507 e. The third-order valence-corrected chi connectivity index (χ3v) is 2.65. The second kappa shape index (κ2) is 5.98. The summed E-state index contributed by atoms with van der Waals surface area (Å²) in [6, 6.07) is 14.3. The van der Waals surface area contributed by atoms with Crippen LogP contribution in [0.15, 0.2) is 58.7 Å². The third kappa shape index (κ3) is 3.18. The van der Waals surface area contributed by atoms with E-state index in [2.05, 4.69) is 10.2 Å². The summed E-state index contributed by atoms with van der Waals surface area (Å²) in [6.45, 7) is 0. The zero-order valence-electron chi connectivity index (χ0n) is 9.49. The first-order valence-electron chi connectivity index (χ1n) is 5.36. The number of aromatic hydroxyl groups is 1. The van der Waals surface area contributed by atoms with Crippen LogP contribution in [0.3, 0.4) is 0 Å². The van der Waals surface area contributed by atoms with Crippen molar-refractivity contribution in [2.45, 2.75) is 0 Å². The Balaban J connectivity index is 2.08. The summed E-state index contributed by atoms with van der Waals surface area (Å²) in [7, 11) is 0. The fourth-order valence-electron chi connectivity index (χ4n) is 1.37. The largest absolute Gasteiger partial charge is 0.507 e. The molecule has 0 radical (unpaired) electrons. The Morgan fingerprint density at radius 1 is 0.833 bits per heavy atom. The molecule has 0 saturated heterocycles. The number of nitrogens with zero attached hydrogens (tertiary/aromatic N) is 2. The number of hydrogen-bond acceptors (Lipinski definition) is 3. The Kier molecular flexibility index (Phi) is 4.10. The molecule has 0 unspecified atom stereocenters. The molecule has 0 heterocycles. The van der Waals surface area contributed by atoms with E-state index >= 15 is 0 Å². The molecule has 2 aromatic rings. The first kappa shape index (κ1) is 12.3. The maximum atomic E-state index is 9.51. The smallest absolute Gasteiger partial charge is 0.124 e. The monoisotopic (exact) mass is 258 g/mol. The van der Waals surface area contributed by atoms with E-state index in [0.29, 0.717) is 10.6 Å². The molecule has 4 heteroatoms. The lowest BCUT2D eigenvalue weighted by molar-refractivity contribution is 0.474. The van der Waals surface area contributed by atoms with Crippen LogP contribution >= 0.6 is 11.6 Å². The molecule has 0 aliphatic carbocycles. The summed E-state index contributed by atoms with van der Waals surface area (Å²) in [4.78, 5) is 0. The van der Waals surface area contributed by atoms with Gasteiger partial charge in [-0.25, -0.2) is 0 Å². The highest BCUT2D eigenvalue weighted by atomic mass is 35.5. The van der Waals surface area contributed by atoms with E-state index in [4.69, 9.17) is 11.6 Å². The number of halogens is 1. The molecule has 0 aromatic heterocycles. The fourth-order valence-corrected chi connectivity index (χ4v) is 1.55. The van der Waals surface area contributed by atoms with E-state index in [9.17, 15) is 5.11 Å². The number of rotatable bonds is 3. The Morgan fingerprint density at radius 2 is 1.39 bits per heavy atom. The molecule has 90 valence electrons. The molecule has 0 fully saturated rings. The molecule has 0 aliphatic heterocycles. The van der Waals surface area contributed by atoms with Crippen LogP contribution in [0.5, 0.6) is 5.75 Å². The fraction of sp³-hybridized carbons (Fsp3) is 0. The maximum Gasteiger partial charge on any atom is 0.124 e. The van der Waals surface area contributed by atoms with Crippen molar-refractivity contribution in [3.8, 4) is 5.75 Å². The molecular formula is C14H11ClN2O. The first-order valence-corrected chi connectivity index (χ1v) is 5.74. The van der Waals surface area contributed by atoms with Crippen LogP contribution in [0.25, 0.3) is 0 Å². The summed E-state index contributed by atoms with van der Waals surface area (Å²) in [5.41, 5.74) is 1.42. The molecule has 0 spiro atoms. The molecule has 1 N–H and O–H groups in total. The zero-order chi connectivity index (χ0) is 12.8. The molecule has 3 nitrogen and oxygen atoms in total. The van der Waals surface area contributed by atoms with Gasteiger partial charge in [0.25, 0.3) is 0 Å². The van der Waals surface area contributed by atoms with Gasteiger partial charge in [0.15, 0.2) is 0 Å². The van der Waals surface area contributed by atoms with E-state index < -0.39 is 0 Å². The minimum atomic E-state index is 0.175. The Morgan fingerprint density at radius 3 is 2.06 bits per heavy atom. The lowest BCUT2D eigenvalue weighted by Gasteiger charge is -1.95. The van der Waals surface area contributed by atoms with Crippen LogP contribution < -0.4 is 0 Å². The summed E-state index contributed by atoms with van der Waals surface area (Å²) in [5.74, 6) is 0.175. The Bertz CT molecular complexity index is 540. The van der Waals surface area contributed by atoms with Gasteiger partial charge in [-0.2, -0.15) is 10.2 Å². The maximum absolute atomic E-state index is 9.51. The molecule has 2 aromatic carbocycles. The van der Waals surface area contributed by atoms with Gasteiger partial charge in [-0.15, -0.1) is 0 Å². The van der Waals surface area contributed by atoms with Crippen molar-refractivity contribution in [1.82, 2.24) is 0 Å². The quantitative estimate of drug-likeness (QED) is 0.665. The highest BCUT2D eigenvalue weighted by Gasteiger charge is 1.94. The third-order valence-electron chi connectivity index (χ3n) is 2.30. The normalized spacial score (nSPS) is 11.4. The first-order chi connectivity index (χ1) is 8.77. The lowest BCUT2D eigenvalue weighted by atomic mass is 10.2. The van der Waals surface area contributed by atoms with Gasteiger partial charge in [-0.1, -0.05) is 41.9 Å². The molecule has 0 saturated carbocycles. The summed E-state index contributed by atoms with van der Waals surface area (Å²) in [6.07, 6.45) is 3.06. The Labute approximate surface area is 110 Å². The van der Waals surface area contributed by atoms with Crippen LogP contribution in [0.4, 0.5) is 0 Å². The molecule has 18 heavy (non-hydrogen) atoms. The summed E-state index contributed by atoms with van der Waals surface area (Å²) >= 11 is 5.96. The zero-order valence-corrected chi connectivity index (χ0v) is 10.2. The van der Waals surface area contributed by atoms with E-state index in [1.54, 1.807) is 30.5 Å². The van der Waals surface area contributed by atoms with Gasteiger partial charge in [-0.3, -0.25) is 0 Å². The average Bonchev–Trinajstić information content (AvgIpc) is 2.38. The van der Waals surface area contributed by atoms with Crippen molar-refractivity contribution in [1.29, 1.82) is 0 Å². The number of phenolic OH excluding ortho intramolecular Hbond substituents is 1. The summed E-state index contributed by atoms with van der Waals surface area (Å²) in [5, 5.41) is 17.9. The highest BCUT2D eigenvalue weighted by Crippen LogP contribution is 2.13. The van der Waals surface area contributed by atoms with Crippen molar-refractivity contribution in [3.63, 3.8) is 0 Å². The topological polar surface area (TPSA) is 45.0 Å². The molecule has 0 bridgehead atoms. The van der Waals surface area contributed by atoms with Gasteiger partial charge in [-0.05, 0) is 18.2 Å². The number of phenols is 1. The van der Waals surface area contributed by atoms with E-state index in [1.165, 1.54) is 6.21 Å². The second-order valence-corrected chi connectivity index (χ2v) is 3.98. The van der Waals surface area contributed by atoms with Gasteiger partial charge in [0.2, 0.25) is 0 Å². The summed E-state index contributed by atoms with van der Waals surface area (Å²) < 4.78 is 0. The second-order valence-electron chi connectivity index (χ2n) is 3.57. The van der Waals surface area contributed by atoms with E-state index in [-0.39, 0.29) is 5.75 Å². The van der Waals surface area contributed by atoms with Crippen LogP contribution in [0, 0.1) is 0 Å². The minimum absolute atomic E-state index is 0.175. The Hall–Kier alpha value is -2.13. The molecular weight excluding hydrogens is 248 g/mol. The van der Waals surface area contributed by atoms with Crippen LogP contribution in [-0.4, -0.2) is 17.5 Å². The van der Waals surface area contributed by atoms with Gasteiger partial charge in [0.1, 0.15) is 5.75 Å². The molecule has 2 rings (SSSR count). The molecule has 0 amide bonds.